The molecule has 6 nitrogen and oxygen atoms in total. The van der Waals surface area contributed by atoms with Gasteiger partial charge in [-0.15, -0.1) is 11.3 Å². The Morgan fingerprint density at radius 3 is 1.37 bits per heavy atom. The summed E-state index contributed by atoms with van der Waals surface area (Å²) in [7, 11) is 0. The van der Waals surface area contributed by atoms with E-state index in [0.717, 1.165) is 82.4 Å². The van der Waals surface area contributed by atoms with Crippen LogP contribution in [0.2, 0.25) is 0 Å². The molecule has 0 aliphatic carbocycles. The molecule has 3 aromatic heterocycles. The predicted molar refractivity (Wildman–Crippen MR) is 269 cm³/mol. The van der Waals surface area contributed by atoms with Gasteiger partial charge in [-0.25, -0.2) is 19.9 Å². The summed E-state index contributed by atoms with van der Waals surface area (Å²) in [4.78, 5) is 22.4. The van der Waals surface area contributed by atoms with Gasteiger partial charge in [0.1, 0.15) is 5.01 Å². The minimum absolute atomic E-state index is 0.621. The number of nitrogens with zero attached hydrogens (tertiary/aromatic N) is 6. The molecule has 0 saturated heterocycles. The van der Waals surface area contributed by atoms with Gasteiger partial charge >= 0.3 is 0 Å². The predicted octanol–water partition coefficient (Wildman–Crippen LogP) is 15.4. The molecule has 65 heavy (non-hydrogen) atoms. The van der Waals surface area contributed by atoms with Crippen molar-refractivity contribution in [3.63, 3.8) is 0 Å². The van der Waals surface area contributed by atoms with Crippen LogP contribution in [-0.2, 0) is 0 Å². The molecule has 0 saturated carbocycles. The second kappa shape index (κ2) is 16.3. The average Bonchev–Trinajstić information content (AvgIpc) is 3.98. The van der Waals surface area contributed by atoms with Gasteiger partial charge in [0.25, 0.3) is 0 Å². The molecular weight excluding hydrogens is 813 g/mol. The quantitative estimate of drug-likeness (QED) is 0.145. The van der Waals surface area contributed by atoms with Crippen molar-refractivity contribution in [2.24, 2.45) is 0 Å². The third kappa shape index (κ3) is 7.10. The zero-order chi connectivity index (χ0) is 43.1. The number of benzene rings is 9. The van der Waals surface area contributed by atoms with Gasteiger partial charge in [-0.2, -0.15) is 0 Å². The van der Waals surface area contributed by atoms with Gasteiger partial charge in [-0.1, -0.05) is 146 Å². The number of hydrogen-bond donors (Lipinski definition) is 0. The van der Waals surface area contributed by atoms with Crippen LogP contribution in [0.15, 0.2) is 231 Å². The zero-order valence-electron chi connectivity index (χ0n) is 35.0. The first-order chi connectivity index (χ1) is 32.2. The Labute approximate surface area is 380 Å². The Kier molecular flexibility index (Phi) is 9.58. The number of rotatable bonds is 9. The molecule has 306 valence electrons. The van der Waals surface area contributed by atoms with E-state index in [1.807, 2.05) is 66.7 Å². The van der Waals surface area contributed by atoms with Crippen molar-refractivity contribution in [1.29, 1.82) is 0 Å². The molecule has 0 amide bonds. The molecule has 0 atom stereocenters. The molecule has 9 aromatic carbocycles. The topological polar surface area (TPSA) is 59.7 Å². The van der Waals surface area contributed by atoms with Gasteiger partial charge in [-0.3, -0.25) is 0 Å². The van der Waals surface area contributed by atoms with Crippen LogP contribution in [0.5, 0.6) is 0 Å². The van der Waals surface area contributed by atoms with E-state index in [1.54, 1.807) is 11.3 Å². The fraction of sp³-hybridized carbons (Fsp3) is 0. The molecule has 0 radical (unpaired) electrons. The smallest absolute Gasteiger partial charge is 0.164 e. The summed E-state index contributed by atoms with van der Waals surface area (Å²) < 4.78 is 3.54. The summed E-state index contributed by atoms with van der Waals surface area (Å²) in [6.07, 6.45) is 0. The number of aromatic nitrogens is 5. The first kappa shape index (κ1) is 38.2. The Balaban J connectivity index is 0.987. The fourth-order valence-electron chi connectivity index (χ4n) is 8.74. The molecule has 12 rings (SSSR count). The van der Waals surface area contributed by atoms with Crippen LogP contribution in [0.1, 0.15) is 0 Å². The van der Waals surface area contributed by atoms with Crippen LogP contribution in [0, 0.1) is 0 Å². The Bertz CT molecular complexity index is 3510. The van der Waals surface area contributed by atoms with Gasteiger partial charge in [0, 0.05) is 55.8 Å². The van der Waals surface area contributed by atoms with Gasteiger partial charge in [0.05, 0.1) is 21.3 Å². The first-order valence-corrected chi connectivity index (χ1v) is 22.5. The number of para-hydroxylation sites is 2. The fourth-order valence-corrected chi connectivity index (χ4v) is 9.85. The van der Waals surface area contributed by atoms with E-state index in [2.05, 4.69) is 173 Å². The van der Waals surface area contributed by atoms with Crippen LogP contribution in [0.4, 0.5) is 17.1 Å². The van der Waals surface area contributed by atoms with Crippen LogP contribution in [-0.4, -0.2) is 24.5 Å². The third-order valence-corrected chi connectivity index (χ3v) is 13.0. The van der Waals surface area contributed by atoms with Gasteiger partial charge in [0.2, 0.25) is 0 Å². The van der Waals surface area contributed by atoms with Crippen molar-refractivity contribution in [3.05, 3.63) is 231 Å². The molecule has 0 spiro atoms. The van der Waals surface area contributed by atoms with E-state index < -0.39 is 0 Å². The molecule has 0 bridgehead atoms. The van der Waals surface area contributed by atoms with Crippen molar-refractivity contribution in [2.75, 3.05) is 4.90 Å². The van der Waals surface area contributed by atoms with Crippen LogP contribution in [0.25, 0.3) is 93.6 Å². The summed E-state index contributed by atoms with van der Waals surface area (Å²) in [6.45, 7) is 0. The molecule has 0 N–H and O–H groups in total. The largest absolute Gasteiger partial charge is 0.311 e. The molecule has 3 heterocycles. The van der Waals surface area contributed by atoms with Crippen molar-refractivity contribution in [2.45, 2.75) is 0 Å². The minimum Gasteiger partial charge on any atom is -0.311 e. The van der Waals surface area contributed by atoms with E-state index in [-0.39, 0.29) is 0 Å². The lowest BCUT2D eigenvalue weighted by Gasteiger charge is -2.25. The maximum absolute atomic E-state index is 5.17. The summed E-state index contributed by atoms with van der Waals surface area (Å²) in [5, 5.41) is 3.35. The van der Waals surface area contributed by atoms with Crippen LogP contribution in [0.3, 0.4) is 0 Å². The van der Waals surface area contributed by atoms with Crippen molar-refractivity contribution in [1.82, 2.24) is 24.5 Å². The van der Waals surface area contributed by atoms with Crippen molar-refractivity contribution < 1.29 is 0 Å². The number of hydrogen-bond acceptors (Lipinski definition) is 6. The summed E-state index contributed by atoms with van der Waals surface area (Å²) in [5.41, 5.74) is 13.8. The lowest BCUT2D eigenvalue weighted by molar-refractivity contribution is 1.07. The number of thiazole rings is 1. The summed E-state index contributed by atoms with van der Waals surface area (Å²) in [6, 6.07) is 80.5. The summed E-state index contributed by atoms with van der Waals surface area (Å²) >= 11 is 1.74. The number of anilines is 3. The monoisotopic (exact) mass is 850 g/mol. The van der Waals surface area contributed by atoms with E-state index in [0.29, 0.717) is 17.5 Å². The highest BCUT2D eigenvalue weighted by atomic mass is 32.1. The van der Waals surface area contributed by atoms with Gasteiger partial charge in [0.15, 0.2) is 17.5 Å². The van der Waals surface area contributed by atoms with E-state index in [4.69, 9.17) is 19.9 Å². The van der Waals surface area contributed by atoms with E-state index >= 15 is 0 Å². The lowest BCUT2D eigenvalue weighted by atomic mass is 10.0. The average molecular weight is 851 g/mol. The highest BCUT2D eigenvalue weighted by Gasteiger charge is 2.20. The third-order valence-electron chi connectivity index (χ3n) is 11.9. The van der Waals surface area contributed by atoms with E-state index in [9.17, 15) is 0 Å². The normalized spacial score (nSPS) is 11.4. The highest BCUT2D eigenvalue weighted by molar-refractivity contribution is 7.22. The van der Waals surface area contributed by atoms with Crippen LogP contribution >= 0.6 is 11.3 Å². The molecule has 12 aromatic rings. The maximum atomic E-state index is 5.17. The molecule has 0 unspecified atom stereocenters. The maximum Gasteiger partial charge on any atom is 0.164 e. The second-order valence-corrected chi connectivity index (χ2v) is 16.9. The van der Waals surface area contributed by atoms with E-state index in [1.165, 1.54) is 10.8 Å². The number of fused-ring (bicyclic) bond motifs is 5. The minimum atomic E-state index is 0.621. The molecule has 0 fully saturated rings. The SMILES string of the molecule is c1ccc(-c2nc(-c3ccccc3)nc(-c3ccc(-n4c5ccc(-c6ccc(N(c7ccccc7)c7ccccc7)cc6)cc5c5ccc6nc(-c7ccccc7)sc6c54)cc3)n2)cc1. The lowest BCUT2D eigenvalue weighted by Crippen LogP contribution is -2.09. The van der Waals surface area contributed by atoms with Gasteiger partial charge in [-0.05, 0) is 96.1 Å². The van der Waals surface area contributed by atoms with Gasteiger partial charge < -0.3 is 9.47 Å². The molecule has 0 aliphatic rings. The van der Waals surface area contributed by atoms with Crippen LogP contribution < -0.4 is 4.90 Å². The second-order valence-electron chi connectivity index (χ2n) is 15.9. The Morgan fingerprint density at radius 2 is 0.815 bits per heavy atom. The molecule has 0 aliphatic heterocycles. The molecule has 7 heteroatoms. The molecular formula is C58H38N6S. The Hall–Kier alpha value is -8.52. The Morgan fingerprint density at radius 1 is 0.354 bits per heavy atom. The van der Waals surface area contributed by atoms with Crippen molar-refractivity contribution in [3.8, 4) is 61.5 Å². The first-order valence-electron chi connectivity index (χ1n) is 21.6. The summed E-state index contributed by atoms with van der Waals surface area (Å²) in [5.74, 6) is 1.89. The zero-order valence-corrected chi connectivity index (χ0v) is 35.8. The van der Waals surface area contributed by atoms with Crippen molar-refractivity contribution >= 4 is 60.4 Å². The highest BCUT2D eigenvalue weighted by Crippen LogP contribution is 2.43. The standard InChI is InChI=1S/C58H38N6S/c1-6-16-40(17-7-1)55-60-56(41-18-8-2-9-19-41)62-57(61-55)42-28-33-48(34-29-42)64-52-37-30-44(38-50(52)49-35-36-51-54(53(49)64)65-58(59-51)43-20-10-3-11-21-43)39-26-31-47(32-27-39)63(45-22-12-4-13-23-45)46-24-14-5-15-25-46/h1-38H.